The summed E-state index contributed by atoms with van der Waals surface area (Å²) in [6, 6.07) is 22.7. The van der Waals surface area contributed by atoms with Gasteiger partial charge in [-0.25, -0.2) is 0 Å². The Labute approximate surface area is 240 Å². The van der Waals surface area contributed by atoms with Crippen LogP contribution in [0.2, 0.25) is 0 Å². The lowest BCUT2D eigenvalue weighted by Gasteiger charge is -2.29. The minimum Gasteiger partial charge on any atom is -0.507 e. The van der Waals surface area contributed by atoms with Crippen LogP contribution in [0.4, 0.5) is 0 Å². The summed E-state index contributed by atoms with van der Waals surface area (Å²) in [5, 5.41) is 11.4. The predicted molar refractivity (Wildman–Crippen MR) is 156 cm³/mol. The van der Waals surface area contributed by atoms with Gasteiger partial charge in [0.2, 0.25) is 0 Å². The molecule has 8 heteroatoms. The van der Waals surface area contributed by atoms with E-state index >= 15 is 0 Å². The minimum atomic E-state index is -0.768. The van der Waals surface area contributed by atoms with E-state index in [9.17, 15) is 14.7 Å². The lowest BCUT2D eigenvalue weighted by Crippen LogP contribution is -2.38. The van der Waals surface area contributed by atoms with Gasteiger partial charge in [-0.1, -0.05) is 43.0 Å². The molecule has 1 unspecified atom stereocenters. The fraction of sp³-hybridized carbons (Fsp3) is 0.273. The fourth-order valence-corrected chi connectivity index (χ4v) is 5.14. The highest BCUT2D eigenvalue weighted by atomic mass is 16.5. The molecule has 2 heterocycles. The van der Waals surface area contributed by atoms with Crippen LogP contribution in [0.15, 0.2) is 97.1 Å². The van der Waals surface area contributed by atoms with Crippen LogP contribution in [0, 0.1) is 0 Å². The predicted octanol–water partition coefficient (Wildman–Crippen LogP) is 5.19. The normalized spacial score (nSPS) is 18.8. The highest BCUT2D eigenvalue weighted by Crippen LogP contribution is 2.41. The van der Waals surface area contributed by atoms with Gasteiger partial charge in [0.15, 0.2) is 0 Å². The van der Waals surface area contributed by atoms with Gasteiger partial charge in [-0.15, -0.1) is 0 Å². The first-order valence-electron chi connectivity index (χ1n) is 13.8. The van der Waals surface area contributed by atoms with Crippen LogP contribution >= 0.6 is 0 Å². The highest BCUT2D eigenvalue weighted by molar-refractivity contribution is 6.46. The van der Waals surface area contributed by atoms with Crippen LogP contribution in [-0.4, -0.2) is 72.6 Å². The molecule has 0 bridgehead atoms. The quantitative estimate of drug-likeness (QED) is 0.151. The molecular formula is C33H34N2O6. The van der Waals surface area contributed by atoms with Crippen LogP contribution in [0.1, 0.15) is 23.6 Å². The van der Waals surface area contributed by atoms with Gasteiger partial charge in [0.1, 0.15) is 29.6 Å². The van der Waals surface area contributed by atoms with Crippen molar-refractivity contribution >= 4 is 17.4 Å². The fourth-order valence-electron chi connectivity index (χ4n) is 5.14. The lowest BCUT2D eigenvalue weighted by atomic mass is 9.95. The summed E-state index contributed by atoms with van der Waals surface area (Å²) in [6.07, 6.45) is 2.32. The van der Waals surface area contributed by atoms with Gasteiger partial charge >= 0.3 is 0 Å². The molecule has 1 amide bonds. The van der Waals surface area contributed by atoms with Crippen molar-refractivity contribution < 1.29 is 28.9 Å². The van der Waals surface area contributed by atoms with Crippen molar-refractivity contribution in [1.29, 1.82) is 0 Å². The Morgan fingerprint density at radius 1 is 0.927 bits per heavy atom. The molecule has 1 N–H and O–H groups in total. The number of carbonyl (C=O) groups is 2. The van der Waals surface area contributed by atoms with Gasteiger partial charge in [-0.2, -0.15) is 0 Å². The van der Waals surface area contributed by atoms with Gasteiger partial charge in [0, 0.05) is 31.7 Å². The topological polar surface area (TPSA) is 88.5 Å². The molecule has 0 spiro atoms. The van der Waals surface area contributed by atoms with Crippen molar-refractivity contribution in [3.8, 4) is 17.2 Å². The number of aliphatic hydroxyl groups is 1. The third kappa shape index (κ3) is 6.67. The number of hydrogen-bond donors (Lipinski definition) is 1. The maximum Gasteiger partial charge on any atom is 0.295 e. The first-order chi connectivity index (χ1) is 20.0. The lowest BCUT2D eigenvalue weighted by molar-refractivity contribution is -0.140. The smallest absolute Gasteiger partial charge is 0.295 e. The van der Waals surface area contributed by atoms with E-state index in [1.54, 1.807) is 35.2 Å². The molecule has 2 aliphatic rings. The number of amides is 1. The zero-order valence-corrected chi connectivity index (χ0v) is 22.9. The monoisotopic (exact) mass is 554 g/mol. The number of hydrogen-bond acceptors (Lipinski definition) is 7. The van der Waals surface area contributed by atoms with Gasteiger partial charge in [0.25, 0.3) is 11.7 Å². The maximum atomic E-state index is 13.5. The second kappa shape index (κ2) is 13.3. The van der Waals surface area contributed by atoms with E-state index in [4.69, 9.17) is 14.2 Å². The number of ether oxygens (including phenoxy) is 3. The minimum absolute atomic E-state index is 0.0537. The summed E-state index contributed by atoms with van der Waals surface area (Å²) in [6.45, 7) is 8.20. The number of aliphatic hydroxyl groups excluding tert-OH is 1. The van der Waals surface area contributed by atoms with Crippen molar-refractivity contribution in [1.82, 2.24) is 9.80 Å². The zero-order valence-electron chi connectivity index (χ0n) is 22.9. The molecule has 0 radical (unpaired) electrons. The molecule has 2 saturated heterocycles. The Balaban J connectivity index is 1.47. The Morgan fingerprint density at radius 3 is 2.39 bits per heavy atom. The number of likely N-dealkylation sites (tertiary alicyclic amines) is 1. The summed E-state index contributed by atoms with van der Waals surface area (Å²) in [5.41, 5.74) is 1.15. The average Bonchev–Trinajstić information content (AvgIpc) is 3.26. The second-order valence-corrected chi connectivity index (χ2v) is 9.91. The van der Waals surface area contributed by atoms with Crippen molar-refractivity contribution in [2.24, 2.45) is 0 Å². The van der Waals surface area contributed by atoms with Crippen LogP contribution in [0.5, 0.6) is 17.2 Å². The summed E-state index contributed by atoms with van der Waals surface area (Å²) in [5.74, 6) is 0.277. The number of benzene rings is 3. The number of morpholine rings is 1. The number of Topliss-reactive ketones (excluding diaryl/α,β-unsaturated/α-hetero) is 1. The Kier molecular flexibility index (Phi) is 9.13. The molecular weight excluding hydrogens is 520 g/mol. The summed E-state index contributed by atoms with van der Waals surface area (Å²) < 4.78 is 17.0. The van der Waals surface area contributed by atoms with Gasteiger partial charge < -0.3 is 24.2 Å². The van der Waals surface area contributed by atoms with E-state index in [2.05, 4.69) is 11.5 Å². The molecule has 41 heavy (non-hydrogen) atoms. The summed E-state index contributed by atoms with van der Waals surface area (Å²) in [7, 11) is 0. The number of nitrogens with zero attached hydrogens (tertiary/aromatic N) is 2. The van der Waals surface area contributed by atoms with Crippen LogP contribution in [-0.2, 0) is 14.3 Å². The summed E-state index contributed by atoms with van der Waals surface area (Å²) >= 11 is 0. The Hall–Kier alpha value is -4.40. The van der Waals surface area contributed by atoms with Crippen LogP contribution in [0.25, 0.3) is 5.76 Å². The SMILES string of the molecule is C=CCOc1ccc(/C(O)=C2\C(=O)C(=O)N(CCCN3CCOCC3)C2c2cccc(Oc3ccccc3)c2)cc1. The van der Waals surface area contributed by atoms with E-state index in [0.29, 0.717) is 61.2 Å². The van der Waals surface area contributed by atoms with Gasteiger partial charge in [-0.05, 0) is 60.5 Å². The number of carbonyl (C=O) groups excluding carboxylic acids is 2. The third-order valence-electron chi connectivity index (χ3n) is 7.17. The maximum absolute atomic E-state index is 13.5. The second-order valence-electron chi connectivity index (χ2n) is 9.91. The average molecular weight is 555 g/mol. The first-order valence-corrected chi connectivity index (χ1v) is 13.8. The molecule has 3 aromatic rings. The van der Waals surface area contributed by atoms with Crippen LogP contribution < -0.4 is 9.47 Å². The van der Waals surface area contributed by atoms with Gasteiger partial charge in [-0.3, -0.25) is 14.5 Å². The van der Waals surface area contributed by atoms with Gasteiger partial charge in [0.05, 0.1) is 24.8 Å². The summed E-state index contributed by atoms with van der Waals surface area (Å²) in [4.78, 5) is 30.7. The van der Waals surface area contributed by atoms with E-state index in [1.165, 1.54) is 0 Å². The largest absolute Gasteiger partial charge is 0.507 e. The number of para-hydroxylation sites is 1. The van der Waals surface area contributed by atoms with E-state index < -0.39 is 17.7 Å². The first kappa shape index (κ1) is 28.1. The molecule has 212 valence electrons. The van der Waals surface area contributed by atoms with Crippen molar-refractivity contribution in [2.75, 3.05) is 46.0 Å². The molecule has 0 aliphatic carbocycles. The van der Waals surface area contributed by atoms with E-state index in [1.807, 2.05) is 54.6 Å². The van der Waals surface area contributed by atoms with E-state index in [0.717, 1.165) is 19.6 Å². The van der Waals surface area contributed by atoms with Crippen LogP contribution in [0.3, 0.4) is 0 Å². The molecule has 2 fully saturated rings. The molecule has 8 nitrogen and oxygen atoms in total. The molecule has 0 aromatic heterocycles. The number of ketones is 1. The molecule has 0 saturated carbocycles. The molecule has 2 aliphatic heterocycles. The van der Waals surface area contributed by atoms with E-state index in [-0.39, 0.29) is 11.3 Å². The zero-order chi connectivity index (χ0) is 28.6. The molecule has 1 atom stereocenters. The van der Waals surface area contributed by atoms with Crippen molar-refractivity contribution in [3.63, 3.8) is 0 Å². The third-order valence-corrected chi connectivity index (χ3v) is 7.17. The standard InChI is InChI=1S/C33H34N2O6/c1-2-20-40-26-14-12-24(13-15-26)31(36)29-30(25-8-6-11-28(23-25)41-27-9-4-3-5-10-27)35(33(38)32(29)37)17-7-16-34-18-21-39-22-19-34/h2-6,8-15,23,30,36H,1,7,16-22H2/b31-29+. The van der Waals surface area contributed by atoms with Crippen molar-refractivity contribution in [3.05, 3.63) is 108 Å². The Bertz CT molecular complexity index is 1400. The molecule has 5 rings (SSSR count). The Morgan fingerprint density at radius 2 is 1.66 bits per heavy atom. The molecule has 3 aromatic carbocycles. The van der Waals surface area contributed by atoms with Crippen molar-refractivity contribution in [2.45, 2.75) is 12.5 Å². The highest BCUT2D eigenvalue weighted by Gasteiger charge is 2.46. The number of rotatable bonds is 11.